The van der Waals surface area contributed by atoms with Gasteiger partial charge >= 0.3 is 0 Å². The van der Waals surface area contributed by atoms with Crippen molar-refractivity contribution in [1.82, 2.24) is 0 Å². The van der Waals surface area contributed by atoms with E-state index in [1.165, 1.54) is 66.8 Å². The van der Waals surface area contributed by atoms with Crippen LogP contribution in [-0.4, -0.2) is 0 Å². The number of furan rings is 1. The molecule has 11 aromatic carbocycles. The van der Waals surface area contributed by atoms with Crippen LogP contribution in [0.1, 0.15) is 22.3 Å². The summed E-state index contributed by atoms with van der Waals surface area (Å²) in [6, 6.07) is 90.9. The number of benzene rings is 11. The summed E-state index contributed by atoms with van der Waals surface area (Å²) in [5, 5.41) is 2.25. The van der Waals surface area contributed by atoms with Crippen LogP contribution in [0, 0.1) is 0 Å². The van der Waals surface area contributed by atoms with Crippen molar-refractivity contribution in [2.75, 3.05) is 4.90 Å². The quantitative estimate of drug-likeness (QED) is 0.176. The molecule has 3 heteroatoms. The van der Waals surface area contributed by atoms with E-state index in [4.69, 9.17) is 9.15 Å². The predicted molar refractivity (Wildman–Crippen MR) is 287 cm³/mol. The fourth-order valence-electron chi connectivity index (χ4n) is 12.1. The Kier molecular flexibility index (Phi) is 8.28. The molecule has 1 spiro atoms. The van der Waals surface area contributed by atoms with Gasteiger partial charge in [-0.15, -0.1) is 0 Å². The van der Waals surface area contributed by atoms with Crippen LogP contribution in [-0.2, 0) is 5.41 Å². The standard InChI is InChI=1S/C67H41NO2/c1-2-16-42(17-3-1)43-30-32-44(33-31-43)68(45-34-36-49-52-22-8-13-27-63(52)69-64-28-14-9-23-53(64)55(49)38-45)46-35-37-61-56(39-46)48-19-5-4-18-47(48)50-20-6-11-25-59(50)67(61)60-26-12-7-21-51(60)57-41-66-58(40-62(57)67)54-24-10-15-29-65(54)70-66/h1-41H. The third-order valence-corrected chi connectivity index (χ3v) is 15.1. The third kappa shape index (κ3) is 5.52. The number of para-hydroxylation sites is 3. The molecule has 2 heterocycles. The lowest BCUT2D eigenvalue weighted by Crippen LogP contribution is -2.29. The molecule has 0 bridgehead atoms. The highest BCUT2D eigenvalue weighted by atomic mass is 16.5. The van der Waals surface area contributed by atoms with Gasteiger partial charge in [-0.25, -0.2) is 0 Å². The maximum Gasteiger partial charge on any atom is 0.136 e. The monoisotopic (exact) mass is 891 g/mol. The Balaban J connectivity index is 1.02. The lowest BCUT2D eigenvalue weighted by molar-refractivity contribution is 0.488. The first-order valence-electron chi connectivity index (χ1n) is 24.1. The van der Waals surface area contributed by atoms with Gasteiger partial charge in [-0.1, -0.05) is 182 Å². The van der Waals surface area contributed by atoms with Gasteiger partial charge in [0, 0.05) is 39.0 Å². The summed E-state index contributed by atoms with van der Waals surface area (Å²) in [7, 11) is 0. The molecule has 0 radical (unpaired) electrons. The van der Waals surface area contributed by atoms with Crippen LogP contribution in [0.15, 0.2) is 253 Å². The zero-order chi connectivity index (χ0) is 45.9. The summed E-state index contributed by atoms with van der Waals surface area (Å²) in [6.07, 6.45) is 0. The average Bonchev–Trinajstić information content (AvgIpc) is 3.85. The van der Waals surface area contributed by atoms with Gasteiger partial charge < -0.3 is 14.1 Å². The van der Waals surface area contributed by atoms with Crippen molar-refractivity contribution >= 4 is 39.0 Å². The van der Waals surface area contributed by atoms with Crippen LogP contribution >= 0.6 is 0 Å². The molecular formula is C67H41NO2. The van der Waals surface area contributed by atoms with Gasteiger partial charge in [-0.2, -0.15) is 0 Å². The smallest absolute Gasteiger partial charge is 0.136 e. The van der Waals surface area contributed by atoms with E-state index in [1.54, 1.807) is 0 Å². The summed E-state index contributed by atoms with van der Waals surface area (Å²) in [4.78, 5) is 2.43. The first kappa shape index (κ1) is 38.9. The number of rotatable bonds is 4. The van der Waals surface area contributed by atoms with E-state index >= 15 is 0 Å². The molecule has 0 saturated carbocycles. The highest BCUT2D eigenvalue weighted by Crippen LogP contribution is 2.63. The predicted octanol–water partition coefficient (Wildman–Crippen LogP) is 18.2. The van der Waals surface area contributed by atoms with Crippen molar-refractivity contribution in [3.8, 4) is 78.3 Å². The van der Waals surface area contributed by atoms with E-state index in [2.05, 4.69) is 248 Å². The molecule has 12 aromatic rings. The second-order valence-electron chi connectivity index (χ2n) is 18.7. The van der Waals surface area contributed by atoms with Gasteiger partial charge in [0.2, 0.25) is 0 Å². The van der Waals surface area contributed by atoms with Crippen molar-refractivity contribution in [1.29, 1.82) is 0 Å². The average molecular weight is 892 g/mol. The van der Waals surface area contributed by atoms with Gasteiger partial charge in [0.15, 0.2) is 0 Å². The SMILES string of the molecule is c1ccc(-c2ccc(N(c3ccc4c(c3)-c3ccccc3Oc3ccccc3-4)c3ccc4c(c3)-c3ccccc3-c3ccccc3C43c4ccccc4-c4cc5oc6ccccc6c5cc43)cc2)cc1. The summed E-state index contributed by atoms with van der Waals surface area (Å²) in [5.41, 5.74) is 23.4. The zero-order valence-electron chi connectivity index (χ0n) is 37.9. The summed E-state index contributed by atoms with van der Waals surface area (Å²) in [5.74, 6) is 1.69. The molecule has 0 saturated heterocycles. The van der Waals surface area contributed by atoms with Crippen molar-refractivity contribution in [3.63, 3.8) is 0 Å². The van der Waals surface area contributed by atoms with E-state index < -0.39 is 5.41 Å². The molecule has 0 N–H and O–H groups in total. The van der Waals surface area contributed by atoms with Crippen LogP contribution in [0.25, 0.3) is 88.7 Å². The molecule has 2 aliphatic carbocycles. The van der Waals surface area contributed by atoms with Crippen molar-refractivity contribution in [3.05, 3.63) is 271 Å². The molecule has 15 rings (SSSR count). The Morgan fingerprint density at radius 3 is 1.49 bits per heavy atom. The topological polar surface area (TPSA) is 25.6 Å². The lowest BCUT2D eigenvalue weighted by atomic mass is 9.65. The molecule has 1 atom stereocenters. The zero-order valence-corrected chi connectivity index (χ0v) is 37.9. The first-order valence-corrected chi connectivity index (χ1v) is 24.1. The molecule has 1 aromatic heterocycles. The van der Waals surface area contributed by atoms with E-state index in [0.29, 0.717) is 0 Å². The molecule has 3 aliphatic rings. The number of fused-ring (bicyclic) bond motifs is 20. The second kappa shape index (κ2) is 14.9. The molecule has 1 unspecified atom stereocenters. The minimum absolute atomic E-state index is 0.661. The molecule has 0 fully saturated rings. The largest absolute Gasteiger partial charge is 0.456 e. The van der Waals surface area contributed by atoms with Gasteiger partial charge in [-0.3, -0.25) is 0 Å². The van der Waals surface area contributed by atoms with Gasteiger partial charge in [0.25, 0.3) is 0 Å². The maximum absolute atomic E-state index is 6.66. The van der Waals surface area contributed by atoms with Crippen LogP contribution in [0.5, 0.6) is 11.5 Å². The number of hydrogen-bond acceptors (Lipinski definition) is 3. The molecule has 1 aliphatic heterocycles. The molecule has 70 heavy (non-hydrogen) atoms. The summed E-state index contributed by atoms with van der Waals surface area (Å²) >= 11 is 0. The third-order valence-electron chi connectivity index (χ3n) is 15.1. The lowest BCUT2D eigenvalue weighted by Gasteiger charge is -2.36. The minimum Gasteiger partial charge on any atom is -0.456 e. The fraction of sp³-hybridized carbons (Fsp3) is 0.0149. The van der Waals surface area contributed by atoms with Crippen molar-refractivity contribution in [2.24, 2.45) is 0 Å². The van der Waals surface area contributed by atoms with Crippen molar-refractivity contribution < 1.29 is 9.15 Å². The number of anilines is 3. The van der Waals surface area contributed by atoms with Crippen molar-refractivity contribution in [2.45, 2.75) is 5.41 Å². The molecule has 3 nitrogen and oxygen atoms in total. The molecule has 0 amide bonds. The Bertz CT molecular complexity index is 4110. The normalized spacial score (nSPS) is 14.5. The van der Waals surface area contributed by atoms with E-state index in [0.717, 1.165) is 72.8 Å². The number of hydrogen-bond donors (Lipinski definition) is 0. The van der Waals surface area contributed by atoms with Crippen LogP contribution in [0.4, 0.5) is 17.1 Å². The highest BCUT2D eigenvalue weighted by Gasteiger charge is 2.50. The fourth-order valence-corrected chi connectivity index (χ4v) is 12.1. The first-order chi connectivity index (χ1) is 34.7. The maximum atomic E-state index is 6.66. The second-order valence-corrected chi connectivity index (χ2v) is 18.7. The van der Waals surface area contributed by atoms with Gasteiger partial charge in [-0.05, 0) is 145 Å². The van der Waals surface area contributed by atoms with Crippen LogP contribution in [0.3, 0.4) is 0 Å². The highest BCUT2D eigenvalue weighted by molar-refractivity contribution is 6.09. The van der Waals surface area contributed by atoms with E-state index in [9.17, 15) is 0 Å². The van der Waals surface area contributed by atoms with E-state index in [-0.39, 0.29) is 0 Å². The number of ether oxygens (including phenoxy) is 1. The molecular weight excluding hydrogens is 851 g/mol. The van der Waals surface area contributed by atoms with E-state index in [1.807, 2.05) is 6.07 Å². The Morgan fingerprint density at radius 2 is 0.757 bits per heavy atom. The van der Waals surface area contributed by atoms with Crippen LogP contribution in [0.2, 0.25) is 0 Å². The minimum atomic E-state index is -0.661. The van der Waals surface area contributed by atoms with Crippen LogP contribution < -0.4 is 9.64 Å². The molecule has 326 valence electrons. The Morgan fingerprint density at radius 1 is 0.271 bits per heavy atom. The van der Waals surface area contributed by atoms with Gasteiger partial charge in [0.1, 0.15) is 22.7 Å². The number of nitrogens with zero attached hydrogens (tertiary/aromatic N) is 1. The Hall–Kier alpha value is -9.18. The summed E-state index contributed by atoms with van der Waals surface area (Å²) in [6.45, 7) is 0. The summed E-state index contributed by atoms with van der Waals surface area (Å²) < 4.78 is 13.3. The van der Waals surface area contributed by atoms with Gasteiger partial charge in [0.05, 0.1) is 5.41 Å². The Labute approximate surface area is 405 Å².